The zero-order chi connectivity index (χ0) is 11.4. The van der Waals surface area contributed by atoms with Crippen LogP contribution in [0.4, 0.5) is 5.82 Å². The zero-order valence-electron chi connectivity index (χ0n) is 9.57. The summed E-state index contributed by atoms with van der Waals surface area (Å²) < 4.78 is 0. The summed E-state index contributed by atoms with van der Waals surface area (Å²) in [5.41, 5.74) is 3.14. The van der Waals surface area contributed by atoms with Gasteiger partial charge in [-0.15, -0.1) is 0 Å². The van der Waals surface area contributed by atoms with E-state index in [1.165, 1.54) is 5.57 Å². The number of anilines is 1. The largest absolute Gasteiger partial charge is 0.365 e. The lowest BCUT2D eigenvalue weighted by molar-refractivity contribution is 1.20. The van der Waals surface area contributed by atoms with E-state index in [1.807, 2.05) is 24.3 Å². The van der Waals surface area contributed by atoms with Crippen LogP contribution in [0.3, 0.4) is 0 Å². The van der Waals surface area contributed by atoms with Crippen molar-refractivity contribution in [3.05, 3.63) is 42.1 Å². The van der Waals surface area contributed by atoms with Crippen LogP contribution in [0.25, 0.3) is 11.0 Å². The number of fused-ring (bicyclic) bond motifs is 1. The fourth-order valence-corrected chi connectivity index (χ4v) is 1.40. The van der Waals surface area contributed by atoms with Gasteiger partial charge in [-0.25, -0.2) is 4.98 Å². The van der Waals surface area contributed by atoms with Crippen LogP contribution in [0, 0.1) is 0 Å². The molecule has 3 nitrogen and oxygen atoms in total. The summed E-state index contributed by atoms with van der Waals surface area (Å²) in [6, 6.07) is 7.86. The Balaban J connectivity index is 2.16. The lowest BCUT2D eigenvalue weighted by Crippen LogP contribution is -2.01. The molecule has 0 unspecified atom stereocenters. The number of nitrogens with one attached hydrogen (secondary N) is 1. The van der Waals surface area contributed by atoms with Crippen LogP contribution in [0.2, 0.25) is 0 Å². The molecule has 1 aromatic heterocycles. The van der Waals surface area contributed by atoms with Crippen molar-refractivity contribution in [1.82, 2.24) is 9.97 Å². The molecule has 0 amide bonds. The molecule has 0 atom stereocenters. The van der Waals surface area contributed by atoms with Crippen molar-refractivity contribution in [2.24, 2.45) is 0 Å². The molecule has 1 N–H and O–H groups in total. The molecular formula is C13H15N3. The van der Waals surface area contributed by atoms with Crippen molar-refractivity contribution < 1.29 is 0 Å². The van der Waals surface area contributed by atoms with E-state index in [1.54, 1.807) is 6.20 Å². The molecule has 3 heteroatoms. The second-order valence-corrected chi connectivity index (χ2v) is 3.91. The minimum absolute atomic E-state index is 0.787. The summed E-state index contributed by atoms with van der Waals surface area (Å²) in [6.07, 6.45) is 3.89. The number of benzene rings is 1. The van der Waals surface area contributed by atoms with Gasteiger partial charge in [0, 0.05) is 6.54 Å². The van der Waals surface area contributed by atoms with Crippen molar-refractivity contribution in [1.29, 1.82) is 0 Å². The van der Waals surface area contributed by atoms with E-state index < -0.39 is 0 Å². The molecule has 0 radical (unpaired) electrons. The van der Waals surface area contributed by atoms with E-state index in [2.05, 4.69) is 35.2 Å². The number of hydrogen-bond acceptors (Lipinski definition) is 3. The third kappa shape index (κ3) is 2.57. The molecule has 82 valence electrons. The van der Waals surface area contributed by atoms with Gasteiger partial charge in [-0.1, -0.05) is 23.8 Å². The van der Waals surface area contributed by atoms with Crippen molar-refractivity contribution in [2.75, 3.05) is 11.9 Å². The number of aromatic nitrogens is 2. The van der Waals surface area contributed by atoms with Crippen LogP contribution in [-0.4, -0.2) is 16.5 Å². The third-order valence-corrected chi connectivity index (χ3v) is 2.24. The predicted octanol–water partition coefficient (Wildman–Crippen LogP) is 3.01. The van der Waals surface area contributed by atoms with Crippen LogP contribution >= 0.6 is 0 Å². The van der Waals surface area contributed by atoms with E-state index >= 15 is 0 Å². The number of para-hydroxylation sites is 2. The lowest BCUT2D eigenvalue weighted by Gasteiger charge is -2.03. The van der Waals surface area contributed by atoms with Crippen molar-refractivity contribution in [3.8, 4) is 0 Å². The maximum Gasteiger partial charge on any atom is 0.145 e. The van der Waals surface area contributed by atoms with Gasteiger partial charge in [0.2, 0.25) is 0 Å². The minimum atomic E-state index is 0.787. The number of nitrogens with zero attached hydrogens (tertiary/aromatic N) is 2. The maximum atomic E-state index is 4.47. The molecule has 2 rings (SSSR count). The molecule has 0 fully saturated rings. The standard InChI is InChI=1S/C13H15N3/c1-10(2)7-8-14-13-9-15-11-5-3-4-6-12(11)16-13/h3-7,9H,8H2,1-2H3,(H,14,16). The molecule has 1 aromatic carbocycles. The molecule has 0 aliphatic heterocycles. The molecule has 0 aliphatic rings. The Morgan fingerprint density at radius 3 is 2.75 bits per heavy atom. The molecule has 0 spiro atoms. The Morgan fingerprint density at radius 2 is 2.00 bits per heavy atom. The van der Waals surface area contributed by atoms with Gasteiger partial charge in [-0.05, 0) is 26.0 Å². The summed E-state index contributed by atoms with van der Waals surface area (Å²) in [5.74, 6) is 0.816. The van der Waals surface area contributed by atoms with Crippen LogP contribution in [0.5, 0.6) is 0 Å². The van der Waals surface area contributed by atoms with Gasteiger partial charge in [-0.3, -0.25) is 4.98 Å². The SMILES string of the molecule is CC(C)=CCNc1cnc2ccccc2n1. The first-order valence-electron chi connectivity index (χ1n) is 5.35. The smallest absolute Gasteiger partial charge is 0.145 e. The summed E-state index contributed by atoms with van der Waals surface area (Å²) in [4.78, 5) is 8.80. The summed E-state index contributed by atoms with van der Waals surface area (Å²) in [6.45, 7) is 4.94. The molecule has 1 heterocycles. The number of rotatable bonds is 3. The van der Waals surface area contributed by atoms with Crippen LogP contribution in [-0.2, 0) is 0 Å². The highest BCUT2D eigenvalue weighted by Crippen LogP contribution is 2.10. The van der Waals surface area contributed by atoms with Crippen LogP contribution in [0.15, 0.2) is 42.1 Å². The van der Waals surface area contributed by atoms with E-state index in [0.29, 0.717) is 0 Å². The minimum Gasteiger partial charge on any atom is -0.365 e. The topological polar surface area (TPSA) is 37.8 Å². The average molecular weight is 213 g/mol. The molecule has 16 heavy (non-hydrogen) atoms. The molecule has 2 aromatic rings. The summed E-state index contributed by atoms with van der Waals surface area (Å²) in [5, 5.41) is 3.22. The zero-order valence-corrected chi connectivity index (χ0v) is 9.57. The van der Waals surface area contributed by atoms with Gasteiger partial charge >= 0.3 is 0 Å². The van der Waals surface area contributed by atoms with E-state index in [4.69, 9.17) is 0 Å². The fourth-order valence-electron chi connectivity index (χ4n) is 1.40. The van der Waals surface area contributed by atoms with Crippen LogP contribution in [0.1, 0.15) is 13.8 Å². The van der Waals surface area contributed by atoms with Gasteiger partial charge in [0.25, 0.3) is 0 Å². The lowest BCUT2D eigenvalue weighted by atomic mass is 10.3. The van der Waals surface area contributed by atoms with E-state index in [-0.39, 0.29) is 0 Å². The van der Waals surface area contributed by atoms with Gasteiger partial charge in [0.1, 0.15) is 5.82 Å². The Labute approximate surface area is 95.2 Å². The average Bonchev–Trinajstić information content (AvgIpc) is 2.28. The molecular weight excluding hydrogens is 198 g/mol. The Kier molecular flexibility index (Phi) is 3.15. The van der Waals surface area contributed by atoms with Gasteiger partial charge in [0.15, 0.2) is 0 Å². The number of hydrogen-bond donors (Lipinski definition) is 1. The monoisotopic (exact) mass is 213 g/mol. The van der Waals surface area contributed by atoms with E-state index in [9.17, 15) is 0 Å². The second-order valence-electron chi connectivity index (χ2n) is 3.91. The highest BCUT2D eigenvalue weighted by molar-refractivity contribution is 5.75. The quantitative estimate of drug-likeness (QED) is 0.796. The van der Waals surface area contributed by atoms with Crippen molar-refractivity contribution >= 4 is 16.9 Å². The summed E-state index contributed by atoms with van der Waals surface area (Å²) >= 11 is 0. The van der Waals surface area contributed by atoms with Gasteiger partial charge < -0.3 is 5.32 Å². The summed E-state index contributed by atoms with van der Waals surface area (Å²) in [7, 11) is 0. The first-order chi connectivity index (χ1) is 7.75. The number of allylic oxidation sites excluding steroid dienone is 1. The molecule has 0 bridgehead atoms. The normalized spacial score (nSPS) is 10.1. The predicted molar refractivity (Wildman–Crippen MR) is 67.5 cm³/mol. The molecule has 0 aliphatic carbocycles. The Bertz CT molecular complexity index is 513. The van der Waals surface area contributed by atoms with Gasteiger partial charge in [0.05, 0.1) is 17.2 Å². The third-order valence-electron chi connectivity index (χ3n) is 2.24. The first kappa shape index (κ1) is 10.6. The van der Waals surface area contributed by atoms with Crippen LogP contribution < -0.4 is 5.32 Å². The fraction of sp³-hybridized carbons (Fsp3) is 0.231. The van der Waals surface area contributed by atoms with E-state index in [0.717, 1.165) is 23.4 Å². The highest BCUT2D eigenvalue weighted by Gasteiger charge is 1.96. The molecule has 0 saturated carbocycles. The van der Waals surface area contributed by atoms with Gasteiger partial charge in [-0.2, -0.15) is 0 Å². The highest BCUT2D eigenvalue weighted by atomic mass is 15.0. The first-order valence-corrected chi connectivity index (χ1v) is 5.35. The second kappa shape index (κ2) is 4.75. The Hall–Kier alpha value is -1.90. The maximum absolute atomic E-state index is 4.47. The molecule has 0 saturated heterocycles. The Morgan fingerprint density at radius 1 is 1.25 bits per heavy atom. The van der Waals surface area contributed by atoms with Crippen molar-refractivity contribution in [3.63, 3.8) is 0 Å². The van der Waals surface area contributed by atoms with Crippen molar-refractivity contribution in [2.45, 2.75) is 13.8 Å².